The van der Waals surface area contributed by atoms with Crippen molar-refractivity contribution in [2.24, 2.45) is 0 Å². The van der Waals surface area contributed by atoms with Gasteiger partial charge in [-0.3, -0.25) is 4.79 Å². The minimum Gasteiger partial charge on any atom is -0.454 e. The van der Waals surface area contributed by atoms with Crippen LogP contribution in [0.4, 0.5) is 5.82 Å². The first-order chi connectivity index (χ1) is 12.6. The number of fused-ring (bicyclic) bond motifs is 2. The highest BCUT2D eigenvalue weighted by Crippen LogP contribution is 2.32. The second-order valence-electron chi connectivity index (χ2n) is 6.59. The van der Waals surface area contributed by atoms with E-state index in [9.17, 15) is 4.79 Å². The first-order valence-corrected chi connectivity index (χ1v) is 8.84. The Morgan fingerprint density at radius 3 is 2.85 bits per heavy atom. The van der Waals surface area contributed by atoms with Gasteiger partial charge in [0.05, 0.1) is 5.69 Å². The van der Waals surface area contributed by atoms with Crippen LogP contribution in [0.3, 0.4) is 0 Å². The normalized spacial score (nSPS) is 15.4. The summed E-state index contributed by atoms with van der Waals surface area (Å²) in [4.78, 5) is 22.8. The quantitative estimate of drug-likeness (QED) is 0.909. The number of ether oxygens (including phenoxy) is 2. The number of amides is 1. The second-order valence-corrected chi connectivity index (χ2v) is 6.59. The molecule has 4 rings (SSSR count). The van der Waals surface area contributed by atoms with E-state index in [2.05, 4.69) is 15.3 Å². The lowest BCUT2D eigenvalue weighted by Crippen LogP contribution is -2.31. The Bertz CT molecular complexity index is 853. The van der Waals surface area contributed by atoms with Gasteiger partial charge >= 0.3 is 0 Å². The molecule has 1 aromatic carbocycles. The monoisotopic (exact) mass is 354 g/mol. The molecule has 0 fully saturated rings. The van der Waals surface area contributed by atoms with Crippen molar-refractivity contribution in [3.63, 3.8) is 0 Å². The Kier molecular flexibility index (Phi) is 4.36. The van der Waals surface area contributed by atoms with Crippen LogP contribution in [0.2, 0.25) is 0 Å². The van der Waals surface area contributed by atoms with Crippen LogP contribution in [0.25, 0.3) is 0 Å². The molecule has 1 N–H and O–H groups in total. The number of aromatic nitrogens is 2. The summed E-state index contributed by atoms with van der Waals surface area (Å²) in [6.07, 6.45) is 1.52. The lowest BCUT2D eigenvalue weighted by atomic mass is 10.1. The van der Waals surface area contributed by atoms with Crippen molar-refractivity contribution in [1.82, 2.24) is 14.9 Å². The maximum atomic E-state index is 11.7. The van der Waals surface area contributed by atoms with Gasteiger partial charge in [0.15, 0.2) is 11.5 Å². The molecule has 0 aliphatic carbocycles. The molecule has 0 spiro atoms. The predicted octanol–water partition coefficient (Wildman–Crippen LogP) is 2.07. The molecule has 0 saturated heterocycles. The summed E-state index contributed by atoms with van der Waals surface area (Å²) >= 11 is 0. The van der Waals surface area contributed by atoms with Crippen LogP contribution in [0.1, 0.15) is 29.6 Å². The van der Waals surface area contributed by atoms with Crippen LogP contribution >= 0.6 is 0 Å². The lowest BCUT2D eigenvalue weighted by molar-refractivity contribution is -0.128. The van der Waals surface area contributed by atoms with Crippen LogP contribution in [0, 0.1) is 6.92 Å². The van der Waals surface area contributed by atoms with E-state index < -0.39 is 0 Å². The number of nitrogens with zero attached hydrogens (tertiary/aromatic N) is 3. The fourth-order valence-corrected chi connectivity index (χ4v) is 3.42. The molecule has 2 aliphatic rings. The van der Waals surface area contributed by atoms with E-state index in [-0.39, 0.29) is 12.7 Å². The van der Waals surface area contributed by atoms with Gasteiger partial charge in [0.1, 0.15) is 11.6 Å². The van der Waals surface area contributed by atoms with Gasteiger partial charge in [-0.05, 0) is 31.0 Å². The second kappa shape index (κ2) is 6.82. The van der Waals surface area contributed by atoms with Gasteiger partial charge in [0.25, 0.3) is 0 Å². The maximum Gasteiger partial charge on any atom is 0.231 e. The highest BCUT2D eigenvalue weighted by Gasteiger charge is 2.21. The van der Waals surface area contributed by atoms with Gasteiger partial charge in [-0.25, -0.2) is 9.97 Å². The topological polar surface area (TPSA) is 76.6 Å². The Labute approximate surface area is 152 Å². The summed E-state index contributed by atoms with van der Waals surface area (Å²) in [6.45, 7) is 5.84. The van der Waals surface area contributed by atoms with Crippen LogP contribution in [0.15, 0.2) is 18.2 Å². The Balaban J connectivity index is 1.54. The van der Waals surface area contributed by atoms with Gasteiger partial charge in [-0.15, -0.1) is 0 Å². The highest BCUT2D eigenvalue weighted by molar-refractivity contribution is 5.73. The van der Waals surface area contributed by atoms with Gasteiger partial charge in [-0.2, -0.15) is 0 Å². The van der Waals surface area contributed by atoms with E-state index in [1.165, 1.54) is 0 Å². The number of benzene rings is 1. The molecule has 1 aromatic heterocycles. The van der Waals surface area contributed by atoms with Crippen molar-refractivity contribution in [2.45, 2.75) is 33.2 Å². The first kappa shape index (κ1) is 16.6. The van der Waals surface area contributed by atoms with E-state index in [1.807, 2.05) is 30.0 Å². The molecule has 0 unspecified atom stereocenters. The summed E-state index contributed by atoms with van der Waals surface area (Å²) in [5.74, 6) is 3.27. The third-order valence-electron chi connectivity index (χ3n) is 4.80. The smallest absolute Gasteiger partial charge is 0.231 e. The van der Waals surface area contributed by atoms with Crippen LogP contribution in [0.5, 0.6) is 11.5 Å². The van der Waals surface area contributed by atoms with Gasteiger partial charge < -0.3 is 19.7 Å². The average molecular weight is 354 g/mol. The Morgan fingerprint density at radius 2 is 2.00 bits per heavy atom. The van der Waals surface area contributed by atoms with Crippen LogP contribution in [-0.2, 0) is 24.2 Å². The number of carbonyl (C=O) groups excluding carboxylic acids is 1. The molecule has 0 bridgehead atoms. The van der Waals surface area contributed by atoms with Crippen molar-refractivity contribution in [3.8, 4) is 11.5 Å². The summed E-state index contributed by atoms with van der Waals surface area (Å²) in [6, 6.07) is 5.93. The molecule has 136 valence electrons. The molecule has 2 aromatic rings. The van der Waals surface area contributed by atoms with Crippen molar-refractivity contribution in [2.75, 3.05) is 25.2 Å². The predicted molar refractivity (Wildman–Crippen MR) is 96.3 cm³/mol. The summed E-state index contributed by atoms with van der Waals surface area (Å²) in [5.41, 5.74) is 3.24. The number of rotatable bonds is 3. The van der Waals surface area contributed by atoms with Gasteiger partial charge in [0.2, 0.25) is 12.7 Å². The fraction of sp³-hybridized carbons (Fsp3) is 0.421. The van der Waals surface area contributed by atoms with E-state index in [0.29, 0.717) is 19.6 Å². The first-order valence-electron chi connectivity index (χ1n) is 8.84. The zero-order chi connectivity index (χ0) is 18.1. The zero-order valence-corrected chi connectivity index (χ0v) is 15.0. The molecule has 0 saturated carbocycles. The number of anilines is 1. The van der Waals surface area contributed by atoms with Crippen molar-refractivity contribution in [3.05, 3.63) is 40.8 Å². The largest absolute Gasteiger partial charge is 0.454 e. The minimum atomic E-state index is 0.109. The summed E-state index contributed by atoms with van der Waals surface area (Å²) in [5, 5.41) is 3.44. The van der Waals surface area contributed by atoms with Crippen LogP contribution < -0.4 is 14.8 Å². The average Bonchev–Trinajstić information content (AvgIpc) is 2.97. The molecule has 3 heterocycles. The number of nitrogens with one attached hydrogen (secondary N) is 1. The molecule has 7 nitrogen and oxygen atoms in total. The molecule has 1 amide bonds. The van der Waals surface area contributed by atoms with E-state index in [1.54, 1.807) is 6.92 Å². The maximum absolute atomic E-state index is 11.7. The highest BCUT2D eigenvalue weighted by atomic mass is 16.7. The van der Waals surface area contributed by atoms with Gasteiger partial charge in [-0.1, -0.05) is 6.07 Å². The molecule has 2 aliphatic heterocycles. The van der Waals surface area contributed by atoms with Crippen LogP contribution in [-0.4, -0.2) is 40.7 Å². The number of hydrogen-bond acceptors (Lipinski definition) is 6. The number of carbonyl (C=O) groups is 1. The molecule has 26 heavy (non-hydrogen) atoms. The van der Waals surface area contributed by atoms with Crippen molar-refractivity contribution < 1.29 is 14.3 Å². The fourth-order valence-electron chi connectivity index (χ4n) is 3.42. The number of aryl methyl sites for hydroxylation is 1. The third kappa shape index (κ3) is 3.29. The Morgan fingerprint density at radius 1 is 1.19 bits per heavy atom. The molecule has 0 atom stereocenters. The minimum absolute atomic E-state index is 0.109. The third-order valence-corrected chi connectivity index (χ3v) is 4.80. The van der Waals surface area contributed by atoms with Crippen molar-refractivity contribution >= 4 is 11.7 Å². The van der Waals surface area contributed by atoms with E-state index in [4.69, 9.17) is 9.47 Å². The van der Waals surface area contributed by atoms with Gasteiger partial charge in [0, 0.05) is 38.5 Å². The lowest BCUT2D eigenvalue weighted by Gasteiger charge is -2.17. The summed E-state index contributed by atoms with van der Waals surface area (Å²) in [7, 11) is 0. The van der Waals surface area contributed by atoms with E-state index in [0.717, 1.165) is 52.8 Å². The van der Waals surface area contributed by atoms with Crippen molar-refractivity contribution in [1.29, 1.82) is 0 Å². The number of hydrogen-bond donors (Lipinski definition) is 1. The zero-order valence-electron chi connectivity index (χ0n) is 15.0. The Hall–Kier alpha value is -2.83. The molecular weight excluding hydrogens is 332 g/mol. The standard InChI is InChI=1S/C19H22N4O3/c1-12-21-16-6-8-23(13(2)24)7-5-15(16)19(22-12)20-10-14-3-4-17-18(9-14)26-11-25-17/h3-4,9H,5-8,10-11H2,1-2H3,(H,20,21,22). The molecule has 0 radical (unpaired) electrons. The molecule has 7 heteroatoms. The van der Waals surface area contributed by atoms with E-state index >= 15 is 0 Å². The SMILES string of the molecule is CC(=O)N1CCc2nc(C)nc(NCc3ccc4c(c3)OCO4)c2CC1. The molecular formula is C19H22N4O3. The summed E-state index contributed by atoms with van der Waals surface area (Å²) < 4.78 is 10.8.